The highest BCUT2D eigenvalue weighted by molar-refractivity contribution is 9.10. The SMILES string of the molecule is CS(=O)(=O)CCS(=O)(=O)Nc1ccc(S(N)(=O)=O)cc1Br. The number of sulfonamides is 2. The van der Waals surface area contributed by atoms with Gasteiger partial charge in [-0.15, -0.1) is 0 Å². The Labute approximate surface area is 131 Å². The molecule has 1 rings (SSSR count). The molecular formula is C9H13BrN2O6S3. The van der Waals surface area contributed by atoms with Crippen LogP contribution >= 0.6 is 15.9 Å². The fraction of sp³-hybridized carbons (Fsp3) is 0.333. The number of nitrogens with one attached hydrogen (secondary N) is 1. The quantitative estimate of drug-likeness (QED) is 0.656. The van der Waals surface area contributed by atoms with Crippen LogP contribution in [0.5, 0.6) is 0 Å². The molecular weight excluding hydrogens is 408 g/mol. The third kappa shape index (κ3) is 6.30. The van der Waals surface area contributed by atoms with E-state index in [1.54, 1.807) is 0 Å². The zero-order valence-corrected chi connectivity index (χ0v) is 14.8. The Morgan fingerprint density at radius 2 is 1.67 bits per heavy atom. The average molecular weight is 421 g/mol. The lowest BCUT2D eigenvalue weighted by Crippen LogP contribution is -2.22. The highest BCUT2D eigenvalue weighted by Crippen LogP contribution is 2.26. The van der Waals surface area contributed by atoms with Crippen molar-refractivity contribution in [3.8, 4) is 0 Å². The minimum Gasteiger partial charge on any atom is -0.282 e. The topological polar surface area (TPSA) is 140 Å². The number of hydrogen-bond acceptors (Lipinski definition) is 6. The van der Waals surface area contributed by atoms with E-state index in [0.717, 1.165) is 18.4 Å². The first kappa shape index (κ1) is 18.4. The molecule has 8 nitrogen and oxygen atoms in total. The van der Waals surface area contributed by atoms with E-state index >= 15 is 0 Å². The van der Waals surface area contributed by atoms with E-state index in [1.807, 2.05) is 0 Å². The molecule has 0 atom stereocenters. The van der Waals surface area contributed by atoms with Crippen LogP contribution in [0.25, 0.3) is 0 Å². The first-order chi connectivity index (χ1) is 9.30. The molecule has 3 N–H and O–H groups in total. The van der Waals surface area contributed by atoms with Crippen molar-refractivity contribution in [1.29, 1.82) is 0 Å². The van der Waals surface area contributed by atoms with Crippen LogP contribution in [0.2, 0.25) is 0 Å². The smallest absolute Gasteiger partial charge is 0.238 e. The number of halogens is 1. The van der Waals surface area contributed by atoms with Crippen LogP contribution in [0, 0.1) is 0 Å². The Kier molecular flexibility index (Phi) is 5.42. The second-order valence-electron chi connectivity index (χ2n) is 4.24. The van der Waals surface area contributed by atoms with E-state index in [0.29, 0.717) is 0 Å². The lowest BCUT2D eigenvalue weighted by molar-refractivity contribution is 0.593. The van der Waals surface area contributed by atoms with Gasteiger partial charge in [0.05, 0.1) is 22.1 Å². The number of primary sulfonamides is 1. The van der Waals surface area contributed by atoms with Gasteiger partial charge in [-0.25, -0.2) is 30.4 Å². The summed E-state index contributed by atoms with van der Waals surface area (Å²) < 4.78 is 70.0. The summed E-state index contributed by atoms with van der Waals surface area (Å²) >= 11 is 3.02. The number of benzene rings is 1. The van der Waals surface area contributed by atoms with E-state index in [-0.39, 0.29) is 15.1 Å². The lowest BCUT2D eigenvalue weighted by atomic mass is 10.3. The summed E-state index contributed by atoms with van der Waals surface area (Å²) in [6.07, 6.45) is 0.930. The van der Waals surface area contributed by atoms with Crippen molar-refractivity contribution in [2.75, 3.05) is 22.5 Å². The molecule has 1 aromatic carbocycles. The highest BCUT2D eigenvalue weighted by Gasteiger charge is 2.17. The summed E-state index contributed by atoms with van der Waals surface area (Å²) in [5.74, 6) is -1.12. The van der Waals surface area contributed by atoms with Gasteiger partial charge in [0.2, 0.25) is 20.0 Å². The zero-order chi connectivity index (χ0) is 16.5. The van der Waals surface area contributed by atoms with Gasteiger partial charge in [-0.05, 0) is 34.1 Å². The summed E-state index contributed by atoms with van der Waals surface area (Å²) in [6.45, 7) is 0. The van der Waals surface area contributed by atoms with Crippen LogP contribution in [0.1, 0.15) is 0 Å². The molecule has 0 saturated heterocycles. The third-order valence-corrected chi connectivity index (χ3v) is 6.30. The molecule has 12 heteroatoms. The van der Waals surface area contributed by atoms with Crippen molar-refractivity contribution >= 4 is 51.5 Å². The van der Waals surface area contributed by atoms with Gasteiger partial charge in [0.25, 0.3) is 0 Å². The fourth-order valence-electron chi connectivity index (χ4n) is 1.24. The van der Waals surface area contributed by atoms with E-state index in [4.69, 9.17) is 5.14 Å². The van der Waals surface area contributed by atoms with Crippen molar-refractivity contribution < 1.29 is 25.3 Å². The van der Waals surface area contributed by atoms with Gasteiger partial charge < -0.3 is 0 Å². The summed E-state index contributed by atoms with van der Waals surface area (Å²) in [5, 5.41) is 4.94. The number of sulfone groups is 1. The molecule has 0 aromatic heterocycles. The Bertz CT molecular complexity index is 845. The predicted octanol–water partition coefficient (Wildman–Crippen LogP) is -0.117. The maximum absolute atomic E-state index is 11.7. The van der Waals surface area contributed by atoms with Crippen LogP contribution in [0.15, 0.2) is 27.6 Å². The van der Waals surface area contributed by atoms with E-state index in [2.05, 4.69) is 20.7 Å². The largest absolute Gasteiger partial charge is 0.282 e. The van der Waals surface area contributed by atoms with Crippen LogP contribution in [0.3, 0.4) is 0 Å². The standard InChI is InChI=1S/C9H13BrN2O6S3/c1-19(13,14)4-5-20(15,16)12-9-3-2-7(6-8(9)10)21(11,17)18/h2-3,6,12H,4-5H2,1H3,(H2,11,17,18). The third-order valence-electron chi connectivity index (χ3n) is 2.26. The van der Waals surface area contributed by atoms with Gasteiger partial charge >= 0.3 is 0 Å². The normalized spacial score (nSPS) is 13.1. The van der Waals surface area contributed by atoms with Crippen LogP contribution in [-0.2, 0) is 29.9 Å². The molecule has 0 unspecified atom stereocenters. The number of nitrogens with two attached hydrogens (primary N) is 1. The first-order valence-corrected chi connectivity index (χ1v) is 11.4. The second-order valence-corrected chi connectivity index (χ2v) is 10.8. The van der Waals surface area contributed by atoms with Crippen LogP contribution < -0.4 is 9.86 Å². The maximum atomic E-state index is 11.7. The molecule has 0 amide bonds. The first-order valence-electron chi connectivity index (χ1n) is 5.31. The predicted molar refractivity (Wildman–Crippen MR) is 82.6 cm³/mol. The minimum absolute atomic E-state index is 0.0795. The number of rotatable bonds is 6. The van der Waals surface area contributed by atoms with E-state index < -0.39 is 41.4 Å². The highest BCUT2D eigenvalue weighted by atomic mass is 79.9. The van der Waals surface area contributed by atoms with Gasteiger partial charge in [-0.2, -0.15) is 0 Å². The summed E-state index contributed by atoms with van der Waals surface area (Å²) in [7, 11) is -11.2. The summed E-state index contributed by atoms with van der Waals surface area (Å²) in [6, 6.07) is 3.49. The van der Waals surface area contributed by atoms with Crippen LogP contribution in [-0.4, -0.2) is 43.0 Å². The van der Waals surface area contributed by atoms with Gasteiger partial charge in [0.15, 0.2) is 0 Å². The summed E-state index contributed by atoms with van der Waals surface area (Å²) in [4.78, 5) is -0.187. The fourth-order valence-corrected chi connectivity index (χ4v) is 5.24. The Morgan fingerprint density at radius 1 is 1.10 bits per heavy atom. The maximum Gasteiger partial charge on any atom is 0.238 e. The Balaban J connectivity index is 2.99. The van der Waals surface area contributed by atoms with Crippen molar-refractivity contribution in [2.24, 2.45) is 5.14 Å². The van der Waals surface area contributed by atoms with Crippen molar-refractivity contribution in [3.05, 3.63) is 22.7 Å². The summed E-state index contributed by atoms with van der Waals surface area (Å²) in [5.41, 5.74) is 0.0795. The molecule has 1 aromatic rings. The number of anilines is 1. The molecule has 0 aliphatic carbocycles. The second kappa shape index (κ2) is 6.20. The zero-order valence-electron chi connectivity index (χ0n) is 10.8. The monoisotopic (exact) mass is 420 g/mol. The van der Waals surface area contributed by atoms with Gasteiger partial charge in [-0.3, -0.25) is 4.72 Å². The van der Waals surface area contributed by atoms with E-state index in [1.165, 1.54) is 6.07 Å². The molecule has 21 heavy (non-hydrogen) atoms. The number of hydrogen-bond donors (Lipinski definition) is 2. The lowest BCUT2D eigenvalue weighted by Gasteiger charge is -2.10. The van der Waals surface area contributed by atoms with Crippen molar-refractivity contribution in [2.45, 2.75) is 4.90 Å². The molecule has 0 heterocycles. The van der Waals surface area contributed by atoms with Crippen LogP contribution in [0.4, 0.5) is 5.69 Å². The van der Waals surface area contributed by atoms with Crippen molar-refractivity contribution in [3.63, 3.8) is 0 Å². The molecule has 0 radical (unpaired) electrons. The Hall–Kier alpha value is -0.690. The van der Waals surface area contributed by atoms with Gasteiger partial charge in [0, 0.05) is 10.7 Å². The minimum atomic E-state index is -3.90. The molecule has 0 aliphatic rings. The molecule has 0 bridgehead atoms. The van der Waals surface area contributed by atoms with Gasteiger partial charge in [-0.1, -0.05) is 0 Å². The molecule has 0 spiro atoms. The average Bonchev–Trinajstić information content (AvgIpc) is 2.27. The Morgan fingerprint density at radius 3 is 2.10 bits per heavy atom. The molecule has 0 fully saturated rings. The van der Waals surface area contributed by atoms with E-state index in [9.17, 15) is 25.3 Å². The molecule has 0 aliphatic heterocycles. The van der Waals surface area contributed by atoms with Gasteiger partial charge in [0.1, 0.15) is 9.84 Å². The molecule has 120 valence electrons. The molecule has 0 saturated carbocycles. The van der Waals surface area contributed by atoms with Crippen molar-refractivity contribution in [1.82, 2.24) is 0 Å².